The quantitative estimate of drug-likeness (QED) is 0.648. The van der Waals surface area contributed by atoms with E-state index in [4.69, 9.17) is 4.74 Å². The van der Waals surface area contributed by atoms with Gasteiger partial charge in [-0.3, -0.25) is 4.90 Å². The summed E-state index contributed by atoms with van der Waals surface area (Å²) in [5, 5.41) is 7.53. The first-order valence-electron chi connectivity index (χ1n) is 6.46. The number of aromatic nitrogens is 2. The molecule has 0 saturated heterocycles. The van der Waals surface area contributed by atoms with Gasteiger partial charge >= 0.3 is 0 Å². The van der Waals surface area contributed by atoms with E-state index in [0.29, 0.717) is 0 Å². The fourth-order valence-electron chi connectivity index (χ4n) is 1.67. The Labute approximate surface area is 114 Å². The molecule has 1 aromatic rings. The number of nitrogens with one attached hydrogen (secondary N) is 1. The fraction of sp³-hybridized carbons (Fsp3) is 0.833. The average molecular weight is 272 g/mol. The summed E-state index contributed by atoms with van der Waals surface area (Å²) in [7, 11) is 3.85. The molecule has 0 fully saturated rings. The van der Waals surface area contributed by atoms with Gasteiger partial charge in [0.2, 0.25) is 0 Å². The van der Waals surface area contributed by atoms with Gasteiger partial charge in [-0.2, -0.15) is 0 Å². The number of nitrogens with zero attached hydrogens (tertiary/aromatic N) is 3. The average Bonchev–Trinajstić information content (AvgIpc) is 2.77. The SMILES string of the molecule is CCCc1nnsc1CN(C)CCNCCOC. The van der Waals surface area contributed by atoms with E-state index in [-0.39, 0.29) is 0 Å². The molecule has 0 unspecified atom stereocenters. The number of hydrogen-bond acceptors (Lipinski definition) is 6. The minimum atomic E-state index is 0.767. The maximum absolute atomic E-state index is 4.99. The molecule has 0 saturated carbocycles. The summed E-state index contributed by atoms with van der Waals surface area (Å²) in [6.45, 7) is 6.80. The van der Waals surface area contributed by atoms with Crippen LogP contribution in [0.2, 0.25) is 0 Å². The molecule has 0 bridgehead atoms. The van der Waals surface area contributed by atoms with Crippen LogP contribution in [-0.2, 0) is 17.7 Å². The highest BCUT2D eigenvalue weighted by Crippen LogP contribution is 2.14. The molecule has 0 radical (unpaired) electrons. The number of aryl methyl sites for hydroxylation is 1. The van der Waals surface area contributed by atoms with Crippen molar-refractivity contribution in [1.29, 1.82) is 0 Å². The summed E-state index contributed by atoms with van der Waals surface area (Å²) in [5.74, 6) is 0. The van der Waals surface area contributed by atoms with Crippen LogP contribution >= 0.6 is 11.5 Å². The molecular formula is C12H24N4OS. The van der Waals surface area contributed by atoms with E-state index in [0.717, 1.165) is 45.6 Å². The smallest absolute Gasteiger partial charge is 0.0800 e. The zero-order valence-corrected chi connectivity index (χ0v) is 12.4. The molecule has 104 valence electrons. The summed E-state index contributed by atoms with van der Waals surface area (Å²) in [5.41, 5.74) is 1.17. The Hall–Kier alpha value is -0.560. The Morgan fingerprint density at radius 2 is 2.22 bits per heavy atom. The van der Waals surface area contributed by atoms with E-state index in [9.17, 15) is 0 Å². The first-order chi connectivity index (χ1) is 8.77. The van der Waals surface area contributed by atoms with E-state index >= 15 is 0 Å². The maximum Gasteiger partial charge on any atom is 0.0800 e. The molecule has 1 heterocycles. The van der Waals surface area contributed by atoms with Crippen molar-refractivity contribution in [1.82, 2.24) is 19.8 Å². The van der Waals surface area contributed by atoms with Crippen molar-refractivity contribution < 1.29 is 4.74 Å². The summed E-state index contributed by atoms with van der Waals surface area (Å²) >= 11 is 1.52. The Kier molecular flexibility index (Phi) is 8.08. The van der Waals surface area contributed by atoms with Gasteiger partial charge in [0.15, 0.2) is 0 Å². The van der Waals surface area contributed by atoms with Crippen LogP contribution in [0, 0.1) is 0 Å². The van der Waals surface area contributed by atoms with Gasteiger partial charge in [0.1, 0.15) is 0 Å². The van der Waals surface area contributed by atoms with Crippen LogP contribution in [-0.4, -0.2) is 54.9 Å². The van der Waals surface area contributed by atoms with Crippen molar-refractivity contribution in [3.8, 4) is 0 Å². The van der Waals surface area contributed by atoms with E-state index < -0.39 is 0 Å². The molecule has 0 aliphatic rings. The van der Waals surface area contributed by atoms with Crippen LogP contribution in [0.25, 0.3) is 0 Å². The molecule has 6 heteroatoms. The highest BCUT2D eigenvalue weighted by molar-refractivity contribution is 7.05. The van der Waals surface area contributed by atoms with E-state index in [1.165, 1.54) is 22.1 Å². The number of rotatable bonds is 10. The first kappa shape index (κ1) is 15.5. The van der Waals surface area contributed by atoms with Crippen molar-refractivity contribution in [2.24, 2.45) is 0 Å². The van der Waals surface area contributed by atoms with E-state index in [1.807, 2.05) is 0 Å². The zero-order valence-electron chi connectivity index (χ0n) is 11.6. The van der Waals surface area contributed by atoms with Gasteiger partial charge in [0.25, 0.3) is 0 Å². The molecular weight excluding hydrogens is 248 g/mol. The molecule has 0 aromatic carbocycles. The van der Waals surface area contributed by atoms with Gasteiger partial charge in [0.05, 0.1) is 17.2 Å². The van der Waals surface area contributed by atoms with Crippen LogP contribution < -0.4 is 5.32 Å². The molecule has 1 N–H and O–H groups in total. The normalized spacial score (nSPS) is 11.3. The molecule has 0 atom stereocenters. The number of hydrogen-bond donors (Lipinski definition) is 1. The fourth-order valence-corrected chi connectivity index (χ4v) is 2.43. The van der Waals surface area contributed by atoms with Gasteiger partial charge in [-0.25, -0.2) is 0 Å². The van der Waals surface area contributed by atoms with E-state index in [2.05, 4.69) is 33.8 Å². The van der Waals surface area contributed by atoms with Crippen LogP contribution in [0.5, 0.6) is 0 Å². The van der Waals surface area contributed by atoms with Gasteiger partial charge in [-0.05, 0) is 25.0 Å². The summed E-state index contributed by atoms with van der Waals surface area (Å²) in [6.07, 6.45) is 2.16. The van der Waals surface area contributed by atoms with Gasteiger partial charge in [-0.1, -0.05) is 17.8 Å². The third-order valence-corrected chi connectivity index (χ3v) is 3.44. The van der Waals surface area contributed by atoms with Crippen molar-refractivity contribution in [2.45, 2.75) is 26.3 Å². The van der Waals surface area contributed by atoms with Crippen molar-refractivity contribution in [3.05, 3.63) is 10.6 Å². The molecule has 1 aromatic heterocycles. The lowest BCUT2D eigenvalue weighted by Gasteiger charge is -2.16. The summed E-state index contributed by atoms with van der Waals surface area (Å²) in [4.78, 5) is 3.60. The van der Waals surface area contributed by atoms with Crippen LogP contribution in [0.15, 0.2) is 0 Å². The largest absolute Gasteiger partial charge is 0.383 e. The second-order valence-corrected chi connectivity index (χ2v) is 5.21. The Bertz CT molecular complexity index is 319. The highest BCUT2D eigenvalue weighted by Gasteiger charge is 2.09. The lowest BCUT2D eigenvalue weighted by atomic mass is 10.2. The Morgan fingerprint density at radius 1 is 1.39 bits per heavy atom. The predicted molar refractivity (Wildman–Crippen MR) is 75.0 cm³/mol. The van der Waals surface area contributed by atoms with Gasteiger partial charge in [0, 0.05) is 33.3 Å². The summed E-state index contributed by atoms with van der Waals surface area (Å²) < 4.78 is 9.03. The maximum atomic E-state index is 4.99. The lowest BCUT2D eigenvalue weighted by Crippen LogP contribution is -2.30. The van der Waals surface area contributed by atoms with Gasteiger partial charge < -0.3 is 10.1 Å². The topological polar surface area (TPSA) is 50.3 Å². The molecule has 18 heavy (non-hydrogen) atoms. The Morgan fingerprint density at radius 3 is 2.94 bits per heavy atom. The van der Waals surface area contributed by atoms with Crippen molar-refractivity contribution in [3.63, 3.8) is 0 Å². The molecule has 5 nitrogen and oxygen atoms in total. The number of likely N-dealkylation sites (N-methyl/N-ethyl adjacent to an activating group) is 1. The number of ether oxygens (including phenoxy) is 1. The second-order valence-electron chi connectivity index (χ2n) is 4.37. The molecule has 0 amide bonds. The molecule has 0 aliphatic carbocycles. The monoisotopic (exact) mass is 272 g/mol. The van der Waals surface area contributed by atoms with Gasteiger partial charge in [-0.15, -0.1) is 5.10 Å². The molecule has 0 spiro atoms. The minimum absolute atomic E-state index is 0.767. The standard InChI is InChI=1S/C12H24N4OS/c1-4-5-11-12(18-15-14-11)10-16(2)8-6-13-7-9-17-3/h13H,4-10H2,1-3H3. The van der Waals surface area contributed by atoms with E-state index in [1.54, 1.807) is 7.11 Å². The van der Waals surface area contributed by atoms with Crippen LogP contribution in [0.4, 0.5) is 0 Å². The molecule has 1 rings (SSSR count). The minimum Gasteiger partial charge on any atom is -0.383 e. The zero-order chi connectivity index (χ0) is 13.2. The van der Waals surface area contributed by atoms with Crippen molar-refractivity contribution >= 4 is 11.5 Å². The second kappa shape index (κ2) is 9.38. The summed E-state index contributed by atoms with van der Waals surface area (Å²) in [6, 6.07) is 0. The van der Waals surface area contributed by atoms with Crippen LogP contribution in [0.3, 0.4) is 0 Å². The molecule has 0 aliphatic heterocycles. The highest BCUT2D eigenvalue weighted by atomic mass is 32.1. The lowest BCUT2D eigenvalue weighted by molar-refractivity contribution is 0.197. The number of methoxy groups -OCH3 is 1. The Balaban J connectivity index is 2.22. The first-order valence-corrected chi connectivity index (χ1v) is 7.23. The third-order valence-electron chi connectivity index (χ3n) is 2.69. The van der Waals surface area contributed by atoms with Crippen LogP contribution in [0.1, 0.15) is 23.9 Å². The van der Waals surface area contributed by atoms with Crippen molar-refractivity contribution in [2.75, 3.05) is 40.4 Å². The predicted octanol–water partition coefficient (Wildman–Crippen LogP) is 1.16. The third kappa shape index (κ3) is 5.86.